The molecule has 0 saturated carbocycles. The Labute approximate surface area is 108 Å². The van der Waals surface area contributed by atoms with Crippen LogP contribution in [0.4, 0.5) is 0 Å². The molecule has 17 heavy (non-hydrogen) atoms. The van der Waals surface area contributed by atoms with E-state index in [2.05, 4.69) is 4.90 Å². The summed E-state index contributed by atoms with van der Waals surface area (Å²) in [7, 11) is 0. The summed E-state index contributed by atoms with van der Waals surface area (Å²) in [5.74, 6) is 0.630. The lowest BCUT2D eigenvalue weighted by atomic mass is 10.1. The van der Waals surface area contributed by atoms with Crippen molar-refractivity contribution in [1.29, 1.82) is 0 Å². The zero-order valence-electron chi connectivity index (χ0n) is 10.2. The third-order valence-electron chi connectivity index (χ3n) is 3.68. The van der Waals surface area contributed by atoms with Gasteiger partial charge in [-0.3, -0.25) is 9.69 Å². The highest BCUT2D eigenvalue weighted by Gasteiger charge is 2.26. The third kappa shape index (κ3) is 3.57. The van der Waals surface area contributed by atoms with Crippen LogP contribution in [0.15, 0.2) is 0 Å². The molecule has 2 rings (SSSR count). The van der Waals surface area contributed by atoms with E-state index < -0.39 is 0 Å². The lowest BCUT2D eigenvalue weighted by Gasteiger charge is -2.40. The number of hydrogen-bond donors (Lipinski definition) is 0. The third-order valence-corrected chi connectivity index (χ3v) is 3.87. The van der Waals surface area contributed by atoms with Crippen LogP contribution in [-0.4, -0.2) is 67.0 Å². The highest BCUT2D eigenvalue weighted by Crippen LogP contribution is 2.16. The average Bonchev–Trinajstić information content (AvgIpc) is 2.40. The van der Waals surface area contributed by atoms with Gasteiger partial charge in [0.25, 0.3) is 0 Å². The van der Waals surface area contributed by atoms with Crippen LogP contribution in [0, 0.1) is 0 Å². The molecule has 0 aliphatic carbocycles. The molecular weight excluding hydrogens is 240 g/mol. The van der Waals surface area contributed by atoms with Crippen LogP contribution >= 0.6 is 11.6 Å². The molecule has 0 atom stereocenters. The summed E-state index contributed by atoms with van der Waals surface area (Å²) in [6.45, 7) is 5.48. The van der Waals surface area contributed by atoms with E-state index in [1.807, 2.05) is 4.90 Å². The van der Waals surface area contributed by atoms with E-state index in [0.717, 1.165) is 52.2 Å². The van der Waals surface area contributed by atoms with Crippen molar-refractivity contribution in [3.05, 3.63) is 0 Å². The van der Waals surface area contributed by atoms with Gasteiger partial charge in [-0.1, -0.05) is 0 Å². The fraction of sp³-hybridized carbons (Fsp3) is 0.917. The van der Waals surface area contributed by atoms with Gasteiger partial charge < -0.3 is 9.64 Å². The number of hydrogen-bond acceptors (Lipinski definition) is 3. The predicted octanol–water partition coefficient (Wildman–Crippen LogP) is 0.939. The van der Waals surface area contributed by atoms with Crippen molar-refractivity contribution < 1.29 is 9.53 Å². The van der Waals surface area contributed by atoms with Gasteiger partial charge in [0.15, 0.2) is 0 Å². The number of carbonyl (C=O) groups is 1. The van der Waals surface area contributed by atoms with Crippen LogP contribution in [0.1, 0.15) is 19.3 Å². The average molecular weight is 261 g/mol. The first kappa shape index (κ1) is 13.1. The first-order valence-electron chi connectivity index (χ1n) is 6.47. The van der Waals surface area contributed by atoms with E-state index in [9.17, 15) is 4.79 Å². The Bertz CT molecular complexity index is 249. The van der Waals surface area contributed by atoms with Crippen LogP contribution in [-0.2, 0) is 9.53 Å². The van der Waals surface area contributed by atoms with Crippen molar-refractivity contribution in [1.82, 2.24) is 9.80 Å². The molecule has 0 spiro atoms. The van der Waals surface area contributed by atoms with Crippen LogP contribution in [0.2, 0.25) is 0 Å². The lowest BCUT2D eigenvalue weighted by Crippen LogP contribution is -2.53. The molecule has 1 amide bonds. The van der Waals surface area contributed by atoms with Crippen LogP contribution in [0.5, 0.6) is 0 Å². The second kappa shape index (κ2) is 6.57. The summed E-state index contributed by atoms with van der Waals surface area (Å²) in [5.41, 5.74) is 0. The predicted molar refractivity (Wildman–Crippen MR) is 67.3 cm³/mol. The molecule has 0 aromatic rings. The van der Waals surface area contributed by atoms with Gasteiger partial charge in [-0.15, -0.1) is 11.6 Å². The van der Waals surface area contributed by atoms with Crippen LogP contribution in [0.3, 0.4) is 0 Å². The summed E-state index contributed by atoms with van der Waals surface area (Å²) in [6, 6.07) is 0.661. The number of nitrogens with zero attached hydrogens (tertiary/aromatic N) is 2. The Kier molecular flexibility index (Phi) is 5.07. The van der Waals surface area contributed by atoms with Crippen molar-refractivity contribution in [3.8, 4) is 0 Å². The number of ether oxygens (including phenoxy) is 1. The summed E-state index contributed by atoms with van der Waals surface area (Å²) >= 11 is 5.59. The summed E-state index contributed by atoms with van der Waals surface area (Å²) in [4.78, 5) is 16.1. The normalized spacial score (nSPS) is 23.9. The van der Waals surface area contributed by atoms with E-state index in [4.69, 9.17) is 16.3 Å². The second-order valence-corrected chi connectivity index (χ2v) is 5.08. The maximum absolute atomic E-state index is 11.7. The topological polar surface area (TPSA) is 32.8 Å². The molecule has 0 N–H and O–H groups in total. The quantitative estimate of drug-likeness (QED) is 0.708. The van der Waals surface area contributed by atoms with Gasteiger partial charge in [0.2, 0.25) is 5.91 Å². The SMILES string of the molecule is O=C(CCCl)N1CCN(C2CCOCC2)CC1. The van der Waals surface area contributed by atoms with Crippen molar-refractivity contribution in [2.24, 2.45) is 0 Å². The Balaban J connectivity index is 1.75. The van der Waals surface area contributed by atoms with Gasteiger partial charge in [0.1, 0.15) is 0 Å². The molecular formula is C12H21ClN2O2. The highest BCUT2D eigenvalue weighted by molar-refractivity contribution is 6.18. The number of amides is 1. The van der Waals surface area contributed by atoms with Gasteiger partial charge in [0.05, 0.1) is 0 Å². The fourth-order valence-electron chi connectivity index (χ4n) is 2.63. The largest absolute Gasteiger partial charge is 0.381 e. The van der Waals surface area contributed by atoms with Crippen molar-refractivity contribution in [2.45, 2.75) is 25.3 Å². The number of piperazine rings is 1. The molecule has 2 heterocycles. The smallest absolute Gasteiger partial charge is 0.223 e. The molecule has 0 radical (unpaired) electrons. The van der Waals surface area contributed by atoms with Crippen LogP contribution < -0.4 is 0 Å². The fourth-order valence-corrected chi connectivity index (χ4v) is 2.79. The molecule has 2 aliphatic heterocycles. The van der Waals surface area contributed by atoms with E-state index in [0.29, 0.717) is 18.3 Å². The number of alkyl halides is 1. The minimum Gasteiger partial charge on any atom is -0.381 e. The van der Waals surface area contributed by atoms with Crippen LogP contribution in [0.25, 0.3) is 0 Å². The van der Waals surface area contributed by atoms with E-state index in [1.54, 1.807) is 0 Å². The molecule has 2 aliphatic rings. The molecule has 2 saturated heterocycles. The van der Waals surface area contributed by atoms with Gasteiger partial charge in [-0.25, -0.2) is 0 Å². The monoisotopic (exact) mass is 260 g/mol. The standard InChI is InChI=1S/C12H21ClN2O2/c13-4-1-12(16)15-7-5-14(6-8-15)11-2-9-17-10-3-11/h11H,1-10H2. The van der Waals surface area contributed by atoms with Gasteiger partial charge in [-0.05, 0) is 12.8 Å². The molecule has 0 unspecified atom stereocenters. The minimum absolute atomic E-state index is 0.201. The maximum atomic E-state index is 11.7. The Morgan fingerprint density at radius 3 is 2.41 bits per heavy atom. The zero-order chi connectivity index (χ0) is 12.1. The van der Waals surface area contributed by atoms with E-state index >= 15 is 0 Å². The van der Waals surface area contributed by atoms with Gasteiger partial charge in [-0.2, -0.15) is 0 Å². The maximum Gasteiger partial charge on any atom is 0.223 e. The second-order valence-electron chi connectivity index (χ2n) is 4.70. The molecule has 2 fully saturated rings. The first-order valence-corrected chi connectivity index (χ1v) is 7.00. The van der Waals surface area contributed by atoms with E-state index in [-0.39, 0.29) is 5.91 Å². The molecule has 0 bridgehead atoms. The Hall–Kier alpha value is -0.320. The molecule has 98 valence electrons. The summed E-state index contributed by atoms with van der Waals surface area (Å²) < 4.78 is 5.38. The summed E-state index contributed by atoms with van der Waals surface area (Å²) in [5, 5.41) is 0. The van der Waals surface area contributed by atoms with Crippen molar-refractivity contribution in [3.63, 3.8) is 0 Å². The Morgan fingerprint density at radius 1 is 1.18 bits per heavy atom. The minimum atomic E-state index is 0.201. The number of rotatable bonds is 3. The molecule has 5 heteroatoms. The van der Waals surface area contributed by atoms with Crippen molar-refractivity contribution >= 4 is 17.5 Å². The highest BCUT2D eigenvalue weighted by atomic mass is 35.5. The number of halogens is 1. The van der Waals surface area contributed by atoms with Gasteiger partial charge in [0, 0.05) is 57.7 Å². The van der Waals surface area contributed by atoms with E-state index in [1.165, 1.54) is 0 Å². The van der Waals surface area contributed by atoms with Gasteiger partial charge >= 0.3 is 0 Å². The first-order chi connectivity index (χ1) is 8.31. The van der Waals surface area contributed by atoms with Crippen molar-refractivity contribution in [2.75, 3.05) is 45.3 Å². The number of carbonyl (C=O) groups excluding carboxylic acids is 1. The lowest BCUT2D eigenvalue weighted by molar-refractivity contribution is -0.133. The molecule has 0 aromatic carbocycles. The molecule has 0 aromatic heterocycles. The molecule has 4 nitrogen and oxygen atoms in total. The summed E-state index contributed by atoms with van der Waals surface area (Å²) in [6.07, 6.45) is 2.74. The zero-order valence-corrected chi connectivity index (χ0v) is 11.0. The Morgan fingerprint density at radius 2 is 1.82 bits per heavy atom.